The van der Waals surface area contributed by atoms with Crippen molar-refractivity contribution in [3.05, 3.63) is 90.5 Å². The van der Waals surface area contributed by atoms with E-state index < -0.39 is 0 Å². The highest BCUT2D eigenvalue weighted by Crippen LogP contribution is 2.27. The number of carbonyl (C=O) groups excluding carboxylic acids is 2. The minimum absolute atomic E-state index is 0.0618. The maximum atomic E-state index is 12.1. The Morgan fingerprint density at radius 3 is 1.97 bits per heavy atom. The lowest BCUT2D eigenvalue weighted by atomic mass is 9.97. The first-order valence-electron chi connectivity index (χ1n) is 9.78. The lowest BCUT2D eigenvalue weighted by Gasteiger charge is -2.08. The molecular formula is C25H21N3O2. The van der Waals surface area contributed by atoms with E-state index in [4.69, 9.17) is 0 Å². The Balaban J connectivity index is 1.42. The molecule has 0 atom stereocenters. The molecule has 4 rings (SSSR count). The summed E-state index contributed by atoms with van der Waals surface area (Å²) in [4.78, 5) is 24.1. The predicted molar refractivity (Wildman–Crippen MR) is 121 cm³/mol. The second-order valence-electron chi connectivity index (χ2n) is 6.94. The van der Waals surface area contributed by atoms with E-state index in [1.165, 1.54) is 0 Å². The van der Waals surface area contributed by atoms with E-state index in [1.807, 2.05) is 54.6 Å². The van der Waals surface area contributed by atoms with Gasteiger partial charge in [0, 0.05) is 24.1 Å². The molecule has 0 radical (unpaired) electrons. The largest absolute Gasteiger partial charge is 0.326 e. The smallest absolute Gasteiger partial charge is 0.240 e. The summed E-state index contributed by atoms with van der Waals surface area (Å²) in [6, 6.07) is 27.5. The summed E-state index contributed by atoms with van der Waals surface area (Å²) in [7, 11) is 0. The minimum Gasteiger partial charge on any atom is -0.326 e. The quantitative estimate of drug-likeness (QED) is 0.278. The highest BCUT2D eigenvalue weighted by atomic mass is 16.2. The van der Waals surface area contributed by atoms with Gasteiger partial charge in [-0.15, -0.1) is 0 Å². The number of carbonyl (C=O) groups is 2. The van der Waals surface area contributed by atoms with E-state index in [-0.39, 0.29) is 24.7 Å². The molecule has 4 aromatic rings. The third-order valence-electron chi connectivity index (χ3n) is 4.83. The van der Waals surface area contributed by atoms with Gasteiger partial charge in [0.25, 0.3) is 0 Å². The first kappa shape index (κ1) is 19.3. The van der Waals surface area contributed by atoms with Crippen LogP contribution in [0.25, 0.3) is 21.5 Å². The van der Waals surface area contributed by atoms with E-state index in [0.29, 0.717) is 5.69 Å². The number of amides is 2. The Kier molecular flexibility index (Phi) is 5.80. The molecule has 2 amide bonds. The summed E-state index contributed by atoms with van der Waals surface area (Å²) in [5, 5.41) is 11.3. The Hall–Kier alpha value is -3.99. The van der Waals surface area contributed by atoms with Gasteiger partial charge in [0.1, 0.15) is 0 Å². The van der Waals surface area contributed by atoms with Crippen molar-refractivity contribution in [2.45, 2.75) is 12.8 Å². The average molecular weight is 395 g/mol. The number of hydrazone groups is 1. The zero-order valence-electron chi connectivity index (χ0n) is 16.3. The molecule has 148 valence electrons. The number of anilines is 1. The molecule has 0 spiro atoms. The zero-order chi connectivity index (χ0) is 20.8. The fraction of sp³-hybridized carbons (Fsp3) is 0.0800. The normalized spacial score (nSPS) is 11.1. The van der Waals surface area contributed by atoms with Crippen molar-refractivity contribution in [3.8, 4) is 0 Å². The number of fused-ring (bicyclic) bond motifs is 2. The van der Waals surface area contributed by atoms with Crippen molar-refractivity contribution >= 4 is 45.3 Å². The molecule has 0 fully saturated rings. The van der Waals surface area contributed by atoms with Crippen molar-refractivity contribution < 1.29 is 9.59 Å². The van der Waals surface area contributed by atoms with Crippen molar-refractivity contribution in [3.63, 3.8) is 0 Å². The fourth-order valence-corrected chi connectivity index (χ4v) is 3.38. The number of nitrogens with one attached hydrogen (secondary N) is 2. The zero-order valence-corrected chi connectivity index (χ0v) is 16.3. The summed E-state index contributed by atoms with van der Waals surface area (Å²) in [5.41, 5.74) is 4.19. The van der Waals surface area contributed by atoms with Gasteiger partial charge < -0.3 is 5.32 Å². The molecular weight excluding hydrogens is 374 g/mol. The van der Waals surface area contributed by atoms with Crippen molar-refractivity contribution in [2.24, 2.45) is 5.10 Å². The highest BCUT2D eigenvalue weighted by Gasteiger charge is 2.08. The summed E-state index contributed by atoms with van der Waals surface area (Å²) in [6.07, 6.45) is 1.83. The molecule has 0 saturated heterocycles. The average Bonchev–Trinajstić information content (AvgIpc) is 2.78. The third-order valence-corrected chi connectivity index (χ3v) is 4.83. The third kappa shape index (κ3) is 4.52. The van der Waals surface area contributed by atoms with E-state index in [9.17, 15) is 9.59 Å². The maximum Gasteiger partial charge on any atom is 0.240 e. The summed E-state index contributed by atoms with van der Waals surface area (Å²) in [6.45, 7) is 0. The minimum atomic E-state index is -0.306. The lowest BCUT2D eigenvalue weighted by molar-refractivity contribution is -0.124. The van der Waals surface area contributed by atoms with Crippen LogP contribution in [0.2, 0.25) is 0 Å². The first-order chi connectivity index (χ1) is 14.7. The number of rotatable bonds is 6. The van der Waals surface area contributed by atoms with Crippen LogP contribution in [0, 0.1) is 0 Å². The van der Waals surface area contributed by atoms with Gasteiger partial charge in [0.05, 0.1) is 6.21 Å². The predicted octanol–water partition coefficient (Wildman–Crippen LogP) is 4.86. The Morgan fingerprint density at radius 2 is 1.30 bits per heavy atom. The number of hydrogen-bond donors (Lipinski definition) is 2. The second kappa shape index (κ2) is 9.01. The van der Waals surface area contributed by atoms with Crippen LogP contribution >= 0.6 is 0 Å². The van der Waals surface area contributed by atoms with Gasteiger partial charge in [-0.05, 0) is 39.7 Å². The summed E-state index contributed by atoms with van der Waals surface area (Å²) >= 11 is 0. The molecule has 0 aliphatic rings. The van der Waals surface area contributed by atoms with Crippen LogP contribution < -0.4 is 10.7 Å². The van der Waals surface area contributed by atoms with Crippen LogP contribution in [0.15, 0.2) is 90.0 Å². The van der Waals surface area contributed by atoms with Crippen molar-refractivity contribution in [1.29, 1.82) is 0 Å². The van der Waals surface area contributed by atoms with E-state index in [0.717, 1.165) is 27.1 Å². The molecule has 0 aliphatic heterocycles. The monoisotopic (exact) mass is 395 g/mol. The number of nitrogens with zero attached hydrogens (tertiary/aromatic N) is 1. The van der Waals surface area contributed by atoms with Crippen LogP contribution in [0.4, 0.5) is 5.69 Å². The maximum absolute atomic E-state index is 12.1. The molecule has 0 heterocycles. The topological polar surface area (TPSA) is 70.6 Å². The number of benzene rings is 4. The van der Waals surface area contributed by atoms with Gasteiger partial charge in [0.2, 0.25) is 11.8 Å². The van der Waals surface area contributed by atoms with Crippen molar-refractivity contribution in [2.75, 3.05) is 5.32 Å². The Morgan fingerprint density at radius 1 is 0.733 bits per heavy atom. The van der Waals surface area contributed by atoms with Gasteiger partial charge in [-0.25, -0.2) is 5.43 Å². The fourth-order valence-electron chi connectivity index (χ4n) is 3.38. The molecule has 0 saturated carbocycles. The molecule has 5 nitrogen and oxygen atoms in total. The molecule has 5 heteroatoms. The van der Waals surface area contributed by atoms with Crippen molar-refractivity contribution in [1.82, 2.24) is 5.43 Å². The SMILES string of the molecule is O=C(CCC(=O)Nc1ccccc1)N/N=C/c1c2ccccc2cc2ccccc12. The molecule has 0 bridgehead atoms. The van der Waals surface area contributed by atoms with E-state index in [1.54, 1.807) is 18.3 Å². The first-order valence-corrected chi connectivity index (χ1v) is 9.78. The Labute approximate surface area is 174 Å². The highest BCUT2D eigenvalue weighted by molar-refractivity contribution is 6.13. The molecule has 2 N–H and O–H groups in total. The summed E-state index contributed by atoms with van der Waals surface area (Å²) < 4.78 is 0. The molecule has 0 unspecified atom stereocenters. The molecule has 0 aromatic heterocycles. The number of hydrogen-bond acceptors (Lipinski definition) is 3. The van der Waals surface area contributed by atoms with E-state index in [2.05, 4.69) is 34.0 Å². The van der Waals surface area contributed by atoms with Crippen LogP contribution in [-0.2, 0) is 9.59 Å². The molecule has 0 aliphatic carbocycles. The lowest BCUT2D eigenvalue weighted by Crippen LogP contribution is -2.20. The van der Waals surface area contributed by atoms with Gasteiger partial charge >= 0.3 is 0 Å². The number of para-hydroxylation sites is 1. The molecule has 4 aromatic carbocycles. The van der Waals surface area contributed by atoms with Crippen LogP contribution in [-0.4, -0.2) is 18.0 Å². The van der Waals surface area contributed by atoms with Gasteiger partial charge in [-0.3, -0.25) is 9.59 Å². The standard InChI is InChI=1S/C25H21N3O2/c29-24(27-20-10-2-1-3-11-20)14-15-25(30)28-26-17-23-21-12-6-4-8-18(21)16-19-9-5-7-13-22(19)23/h1-13,16-17H,14-15H2,(H,27,29)(H,28,30)/b26-17+. The molecule has 30 heavy (non-hydrogen) atoms. The van der Waals surface area contributed by atoms with Crippen LogP contribution in [0.5, 0.6) is 0 Å². The van der Waals surface area contributed by atoms with Crippen LogP contribution in [0.3, 0.4) is 0 Å². The van der Waals surface area contributed by atoms with Gasteiger partial charge in [-0.2, -0.15) is 5.10 Å². The Bertz CT molecular complexity index is 1180. The van der Waals surface area contributed by atoms with Gasteiger partial charge in [0.15, 0.2) is 0 Å². The second-order valence-corrected chi connectivity index (χ2v) is 6.94. The van der Waals surface area contributed by atoms with E-state index >= 15 is 0 Å². The van der Waals surface area contributed by atoms with Gasteiger partial charge in [-0.1, -0.05) is 66.7 Å². The summed E-state index contributed by atoms with van der Waals surface area (Å²) in [5.74, 6) is -0.514. The van der Waals surface area contributed by atoms with Crippen LogP contribution in [0.1, 0.15) is 18.4 Å².